The van der Waals surface area contributed by atoms with Gasteiger partial charge in [0.15, 0.2) is 0 Å². The Kier molecular flexibility index (Phi) is 3.32. The summed E-state index contributed by atoms with van der Waals surface area (Å²) in [5.41, 5.74) is 0.977. The lowest BCUT2D eigenvalue weighted by Gasteiger charge is -1.91. The molecule has 12 heavy (non-hydrogen) atoms. The summed E-state index contributed by atoms with van der Waals surface area (Å²) in [6.45, 7) is 0. The Morgan fingerprint density at radius 3 is 2.33 bits per heavy atom. The maximum atomic E-state index is 6.94. The molecule has 0 aliphatic heterocycles. The lowest BCUT2D eigenvalue weighted by molar-refractivity contribution is 1.56. The zero-order valence-electron chi connectivity index (χ0n) is 6.22. The fraction of sp³-hybridized carbons (Fsp3) is 0. The molecular formula is C9H7Cl2N. The molecule has 1 rings (SSSR count). The van der Waals surface area contributed by atoms with Crippen LogP contribution >= 0.6 is 23.2 Å². The molecule has 0 fully saturated rings. The average molecular weight is 200 g/mol. The van der Waals surface area contributed by atoms with Crippen LogP contribution in [0.4, 0.5) is 0 Å². The number of hydrogen-bond acceptors (Lipinski definition) is 1. The van der Waals surface area contributed by atoms with E-state index in [4.69, 9.17) is 28.6 Å². The zero-order chi connectivity index (χ0) is 8.97. The first-order valence-electron chi connectivity index (χ1n) is 3.36. The van der Waals surface area contributed by atoms with Crippen molar-refractivity contribution in [2.24, 2.45) is 0 Å². The van der Waals surface area contributed by atoms with E-state index in [1.807, 2.05) is 12.1 Å². The SMILES string of the molecule is N=C(Cl)/C=C/c1ccc(Cl)cc1. The second kappa shape index (κ2) is 4.29. The molecule has 1 nitrogen and oxygen atoms in total. The van der Waals surface area contributed by atoms with Crippen LogP contribution in [0.3, 0.4) is 0 Å². The van der Waals surface area contributed by atoms with Crippen molar-refractivity contribution in [3.8, 4) is 0 Å². The van der Waals surface area contributed by atoms with Crippen molar-refractivity contribution in [1.82, 2.24) is 0 Å². The van der Waals surface area contributed by atoms with Crippen LogP contribution in [0.25, 0.3) is 6.08 Å². The van der Waals surface area contributed by atoms with E-state index in [0.29, 0.717) is 5.02 Å². The molecule has 62 valence electrons. The van der Waals surface area contributed by atoms with E-state index in [1.165, 1.54) is 6.08 Å². The van der Waals surface area contributed by atoms with Crippen molar-refractivity contribution in [2.75, 3.05) is 0 Å². The molecular weight excluding hydrogens is 193 g/mol. The van der Waals surface area contributed by atoms with Gasteiger partial charge in [0.1, 0.15) is 5.17 Å². The van der Waals surface area contributed by atoms with Crippen LogP contribution in [0.2, 0.25) is 5.02 Å². The third kappa shape index (κ3) is 3.07. The first-order chi connectivity index (χ1) is 5.68. The van der Waals surface area contributed by atoms with Crippen molar-refractivity contribution < 1.29 is 0 Å². The molecule has 0 aromatic heterocycles. The predicted molar refractivity (Wildman–Crippen MR) is 54.1 cm³/mol. The summed E-state index contributed by atoms with van der Waals surface area (Å²) in [7, 11) is 0. The largest absolute Gasteiger partial charge is 0.289 e. The van der Waals surface area contributed by atoms with Crippen molar-refractivity contribution in [3.05, 3.63) is 40.9 Å². The van der Waals surface area contributed by atoms with E-state index in [9.17, 15) is 0 Å². The standard InChI is InChI=1S/C9H7Cl2N/c10-8-4-1-7(2-5-8)3-6-9(11)12/h1-6,12H/b6-3+,12-9?. The highest BCUT2D eigenvalue weighted by Crippen LogP contribution is 2.10. The molecule has 0 aliphatic carbocycles. The van der Waals surface area contributed by atoms with Gasteiger partial charge in [-0.1, -0.05) is 41.4 Å². The number of halogens is 2. The van der Waals surface area contributed by atoms with Gasteiger partial charge >= 0.3 is 0 Å². The second-order valence-corrected chi connectivity index (χ2v) is 3.08. The maximum Gasteiger partial charge on any atom is 0.120 e. The molecule has 1 aromatic carbocycles. The summed E-state index contributed by atoms with van der Waals surface area (Å²) in [5.74, 6) is 0. The third-order valence-corrected chi connectivity index (χ3v) is 1.67. The Balaban J connectivity index is 2.77. The summed E-state index contributed by atoms with van der Waals surface area (Å²) in [6.07, 6.45) is 3.27. The molecule has 1 N–H and O–H groups in total. The van der Waals surface area contributed by atoms with Crippen LogP contribution in [-0.4, -0.2) is 5.17 Å². The molecule has 0 saturated carbocycles. The van der Waals surface area contributed by atoms with Gasteiger partial charge in [0, 0.05) is 5.02 Å². The Labute approximate surface area is 81.1 Å². The molecule has 0 spiro atoms. The van der Waals surface area contributed by atoms with Gasteiger partial charge in [-0.15, -0.1) is 0 Å². The summed E-state index contributed by atoms with van der Waals surface area (Å²) in [5, 5.41) is 7.66. The van der Waals surface area contributed by atoms with Crippen molar-refractivity contribution in [2.45, 2.75) is 0 Å². The summed E-state index contributed by atoms with van der Waals surface area (Å²) < 4.78 is 0. The molecule has 0 bridgehead atoms. The fourth-order valence-corrected chi connectivity index (χ4v) is 0.932. The smallest absolute Gasteiger partial charge is 0.120 e. The number of allylic oxidation sites excluding steroid dienone is 1. The Bertz CT molecular complexity index is 301. The fourth-order valence-electron chi connectivity index (χ4n) is 0.743. The Morgan fingerprint density at radius 1 is 1.25 bits per heavy atom. The number of benzene rings is 1. The Hall–Kier alpha value is -0.790. The van der Waals surface area contributed by atoms with Crippen LogP contribution in [0, 0.1) is 5.41 Å². The molecule has 0 heterocycles. The highest BCUT2D eigenvalue weighted by molar-refractivity contribution is 6.67. The van der Waals surface area contributed by atoms with Gasteiger partial charge < -0.3 is 0 Å². The minimum absolute atomic E-state index is 0.0185. The maximum absolute atomic E-state index is 6.94. The molecule has 0 unspecified atom stereocenters. The first kappa shape index (κ1) is 9.30. The van der Waals surface area contributed by atoms with Gasteiger partial charge in [-0.05, 0) is 23.8 Å². The topological polar surface area (TPSA) is 23.9 Å². The zero-order valence-corrected chi connectivity index (χ0v) is 7.73. The van der Waals surface area contributed by atoms with E-state index in [1.54, 1.807) is 18.2 Å². The van der Waals surface area contributed by atoms with Gasteiger partial charge in [-0.3, -0.25) is 5.41 Å². The third-order valence-electron chi connectivity index (χ3n) is 1.29. The minimum atomic E-state index is 0.0185. The van der Waals surface area contributed by atoms with E-state index in [-0.39, 0.29) is 5.17 Å². The Morgan fingerprint density at radius 2 is 1.83 bits per heavy atom. The van der Waals surface area contributed by atoms with E-state index in [2.05, 4.69) is 0 Å². The lowest BCUT2D eigenvalue weighted by atomic mass is 10.2. The van der Waals surface area contributed by atoms with E-state index < -0.39 is 0 Å². The summed E-state index contributed by atoms with van der Waals surface area (Å²) >= 11 is 11.0. The van der Waals surface area contributed by atoms with Crippen LogP contribution in [-0.2, 0) is 0 Å². The van der Waals surface area contributed by atoms with Crippen molar-refractivity contribution >= 4 is 34.4 Å². The summed E-state index contributed by atoms with van der Waals surface area (Å²) in [4.78, 5) is 0. The highest BCUT2D eigenvalue weighted by atomic mass is 35.5. The molecule has 0 radical (unpaired) electrons. The van der Waals surface area contributed by atoms with Gasteiger partial charge in [-0.25, -0.2) is 0 Å². The van der Waals surface area contributed by atoms with Crippen molar-refractivity contribution in [1.29, 1.82) is 5.41 Å². The van der Waals surface area contributed by atoms with Crippen LogP contribution < -0.4 is 0 Å². The highest BCUT2D eigenvalue weighted by Gasteiger charge is 1.87. The summed E-state index contributed by atoms with van der Waals surface area (Å²) in [6, 6.07) is 7.30. The van der Waals surface area contributed by atoms with Gasteiger partial charge in [0.05, 0.1) is 0 Å². The number of hydrogen-bond donors (Lipinski definition) is 1. The molecule has 3 heteroatoms. The molecule has 0 atom stereocenters. The average Bonchev–Trinajstić information content (AvgIpc) is 2.03. The molecule has 1 aromatic rings. The minimum Gasteiger partial charge on any atom is -0.289 e. The first-order valence-corrected chi connectivity index (χ1v) is 4.12. The monoisotopic (exact) mass is 199 g/mol. The molecule has 0 saturated heterocycles. The van der Waals surface area contributed by atoms with E-state index in [0.717, 1.165) is 5.56 Å². The van der Waals surface area contributed by atoms with Crippen molar-refractivity contribution in [3.63, 3.8) is 0 Å². The van der Waals surface area contributed by atoms with Gasteiger partial charge in [0.25, 0.3) is 0 Å². The molecule has 0 aliphatic rings. The normalized spacial score (nSPS) is 10.5. The van der Waals surface area contributed by atoms with Crippen LogP contribution in [0.5, 0.6) is 0 Å². The number of nitrogens with one attached hydrogen (secondary N) is 1. The lowest BCUT2D eigenvalue weighted by Crippen LogP contribution is -1.74. The van der Waals surface area contributed by atoms with Gasteiger partial charge in [0.2, 0.25) is 0 Å². The number of rotatable bonds is 2. The van der Waals surface area contributed by atoms with Crippen LogP contribution in [0.1, 0.15) is 5.56 Å². The van der Waals surface area contributed by atoms with Crippen LogP contribution in [0.15, 0.2) is 30.3 Å². The quantitative estimate of drug-likeness (QED) is 0.705. The van der Waals surface area contributed by atoms with E-state index >= 15 is 0 Å². The second-order valence-electron chi connectivity index (χ2n) is 2.23. The molecule has 0 amide bonds. The predicted octanol–water partition coefficient (Wildman–Crippen LogP) is 3.57. The van der Waals surface area contributed by atoms with Gasteiger partial charge in [-0.2, -0.15) is 0 Å².